The van der Waals surface area contributed by atoms with Gasteiger partial charge in [0.15, 0.2) is 6.04 Å². The van der Waals surface area contributed by atoms with Crippen LogP contribution in [0.3, 0.4) is 0 Å². The number of rotatable bonds is 14. The summed E-state index contributed by atoms with van der Waals surface area (Å²) in [6, 6.07) is -5.77. The molecule has 0 aliphatic carbocycles. The van der Waals surface area contributed by atoms with Crippen molar-refractivity contribution in [2.45, 2.75) is 63.1 Å². The Labute approximate surface area is 183 Å². The fraction of sp³-hybridized carbons (Fsp3) is 0.706. The third kappa shape index (κ3) is 10.4. The van der Waals surface area contributed by atoms with Crippen LogP contribution in [0.1, 0.15) is 26.7 Å². The summed E-state index contributed by atoms with van der Waals surface area (Å²) in [4.78, 5) is 59.6. The number of carboxylic acid groups (broad SMARTS) is 1. The highest BCUT2D eigenvalue weighted by atomic mass is 32.2. The van der Waals surface area contributed by atoms with E-state index in [2.05, 4.69) is 10.6 Å². The van der Waals surface area contributed by atoms with Gasteiger partial charge in [-0.25, -0.2) is 4.79 Å². The maximum absolute atomic E-state index is 12.6. The van der Waals surface area contributed by atoms with Crippen LogP contribution in [0.15, 0.2) is 0 Å². The quantitative estimate of drug-likeness (QED) is 0.125. The average Bonchev–Trinajstić information content (AvgIpc) is 2.65. The van der Waals surface area contributed by atoms with E-state index < -0.39 is 72.4 Å². The van der Waals surface area contributed by atoms with Gasteiger partial charge in [0.2, 0.25) is 23.6 Å². The van der Waals surface area contributed by atoms with Gasteiger partial charge in [-0.3, -0.25) is 19.2 Å². The molecule has 4 amide bonds. The lowest BCUT2D eigenvalue weighted by Crippen LogP contribution is -2.60. The molecule has 14 heteroatoms. The number of amides is 4. The minimum Gasteiger partial charge on any atom is -0.480 e. The number of nitrogens with one attached hydrogen (secondary N) is 3. The van der Waals surface area contributed by atoms with Gasteiger partial charge in [0, 0.05) is 0 Å². The molecule has 0 aromatic rings. The number of carboxylic acids is 1. The van der Waals surface area contributed by atoms with Gasteiger partial charge in [-0.05, 0) is 32.3 Å². The summed E-state index contributed by atoms with van der Waals surface area (Å²) in [5.74, 6) is -4.76. The molecule has 13 nitrogen and oxygen atoms in total. The summed E-state index contributed by atoms with van der Waals surface area (Å²) < 4.78 is 0. The number of carbonyl (C=O) groups excluding carboxylic acids is 4. The first-order valence-corrected chi connectivity index (χ1v) is 10.7. The standard InChI is InChI=1S/C17H31N5O8S/c1-7(23)12(21-14(26)9(18)4-5-31-3)16(28)20-10(6-11(19)25)15(27)22-13(8(2)24)17(29)30/h7-10,12-13,23-24H,4-6,18H2,1-3H3,(H2,19,25)(H,20,28)(H,21,26)(H,22,27)(H,29,30). The molecule has 6 atom stereocenters. The van der Waals surface area contributed by atoms with Gasteiger partial charge < -0.3 is 42.7 Å². The first-order chi connectivity index (χ1) is 14.3. The van der Waals surface area contributed by atoms with E-state index in [-0.39, 0.29) is 0 Å². The summed E-state index contributed by atoms with van der Waals surface area (Å²) >= 11 is 1.47. The van der Waals surface area contributed by atoms with Crippen molar-refractivity contribution in [2.75, 3.05) is 12.0 Å². The van der Waals surface area contributed by atoms with Gasteiger partial charge in [0.1, 0.15) is 12.1 Å². The molecule has 0 aliphatic heterocycles. The molecule has 0 saturated carbocycles. The van der Waals surface area contributed by atoms with Crippen LogP contribution in [0.2, 0.25) is 0 Å². The van der Waals surface area contributed by atoms with E-state index in [0.717, 1.165) is 6.92 Å². The summed E-state index contributed by atoms with van der Waals surface area (Å²) in [7, 11) is 0. The summed E-state index contributed by atoms with van der Waals surface area (Å²) in [6.07, 6.45) is -1.41. The van der Waals surface area contributed by atoms with Crippen molar-refractivity contribution in [1.82, 2.24) is 16.0 Å². The van der Waals surface area contributed by atoms with Gasteiger partial charge in [0.05, 0.1) is 24.7 Å². The van der Waals surface area contributed by atoms with Crippen molar-refractivity contribution in [3.63, 3.8) is 0 Å². The highest BCUT2D eigenvalue weighted by Crippen LogP contribution is 2.03. The Bertz CT molecular complexity index is 660. The molecule has 0 aromatic heterocycles. The Balaban J connectivity index is 5.39. The number of aliphatic hydroxyl groups excluding tert-OH is 2. The van der Waals surface area contributed by atoms with Crippen LogP contribution in [-0.4, -0.2) is 93.3 Å². The Kier molecular flexibility index (Phi) is 12.7. The smallest absolute Gasteiger partial charge is 0.328 e. The van der Waals surface area contributed by atoms with E-state index in [1.807, 2.05) is 11.6 Å². The van der Waals surface area contributed by atoms with Crippen molar-refractivity contribution >= 4 is 41.4 Å². The van der Waals surface area contributed by atoms with Crippen LogP contribution >= 0.6 is 11.8 Å². The van der Waals surface area contributed by atoms with Crippen molar-refractivity contribution in [2.24, 2.45) is 11.5 Å². The number of hydrogen-bond donors (Lipinski definition) is 8. The molecular weight excluding hydrogens is 434 g/mol. The first kappa shape index (κ1) is 28.6. The molecule has 0 radical (unpaired) electrons. The number of hydrogen-bond acceptors (Lipinski definition) is 9. The van der Waals surface area contributed by atoms with Gasteiger partial charge in [-0.2, -0.15) is 11.8 Å². The topological polar surface area (TPSA) is 234 Å². The predicted octanol–water partition coefficient (Wildman–Crippen LogP) is -3.76. The lowest BCUT2D eigenvalue weighted by atomic mass is 10.1. The molecule has 0 spiro atoms. The second kappa shape index (κ2) is 13.8. The minimum atomic E-state index is -1.71. The number of nitrogens with two attached hydrogens (primary N) is 2. The highest BCUT2D eigenvalue weighted by molar-refractivity contribution is 7.98. The van der Waals surface area contributed by atoms with Crippen molar-refractivity contribution in [3.8, 4) is 0 Å². The van der Waals surface area contributed by atoms with Crippen LogP contribution in [-0.2, 0) is 24.0 Å². The third-order valence-electron chi connectivity index (χ3n) is 4.12. The monoisotopic (exact) mass is 465 g/mol. The van der Waals surface area contributed by atoms with Crippen LogP contribution < -0.4 is 27.4 Å². The van der Waals surface area contributed by atoms with Crippen LogP contribution in [0, 0.1) is 0 Å². The summed E-state index contributed by atoms with van der Waals surface area (Å²) in [6.45, 7) is 2.34. The Morgan fingerprint density at radius 1 is 0.903 bits per heavy atom. The zero-order valence-corrected chi connectivity index (χ0v) is 18.3. The molecule has 0 saturated heterocycles. The highest BCUT2D eigenvalue weighted by Gasteiger charge is 2.34. The predicted molar refractivity (Wildman–Crippen MR) is 112 cm³/mol. The molecule has 178 valence electrons. The number of aliphatic carboxylic acids is 1. The number of primary amides is 1. The molecule has 0 fully saturated rings. The van der Waals surface area contributed by atoms with Crippen LogP contribution in [0.5, 0.6) is 0 Å². The molecule has 0 aromatic carbocycles. The second-order valence-electron chi connectivity index (χ2n) is 6.91. The molecule has 0 aliphatic rings. The van der Waals surface area contributed by atoms with E-state index in [9.17, 15) is 34.2 Å². The van der Waals surface area contributed by atoms with Crippen molar-refractivity contribution < 1.29 is 39.3 Å². The Morgan fingerprint density at radius 3 is 1.84 bits per heavy atom. The van der Waals surface area contributed by atoms with Gasteiger partial charge in [-0.1, -0.05) is 0 Å². The van der Waals surface area contributed by atoms with Gasteiger partial charge in [0.25, 0.3) is 0 Å². The second-order valence-corrected chi connectivity index (χ2v) is 7.90. The molecular formula is C17H31N5O8S. The number of aliphatic hydroxyl groups is 2. The lowest BCUT2D eigenvalue weighted by molar-refractivity contribution is -0.145. The molecule has 6 unspecified atom stereocenters. The largest absolute Gasteiger partial charge is 0.480 e. The van der Waals surface area contributed by atoms with E-state index in [1.165, 1.54) is 18.7 Å². The van der Waals surface area contributed by atoms with Gasteiger partial charge >= 0.3 is 5.97 Å². The third-order valence-corrected chi connectivity index (χ3v) is 4.76. The molecule has 0 heterocycles. The zero-order valence-electron chi connectivity index (χ0n) is 17.5. The van der Waals surface area contributed by atoms with E-state index in [1.54, 1.807) is 0 Å². The maximum Gasteiger partial charge on any atom is 0.328 e. The molecule has 0 bridgehead atoms. The molecule has 31 heavy (non-hydrogen) atoms. The Hall–Kier alpha value is -2.42. The fourth-order valence-electron chi connectivity index (χ4n) is 2.36. The minimum absolute atomic E-state index is 0.323. The fourth-order valence-corrected chi connectivity index (χ4v) is 2.85. The van der Waals surface area contributed by atoms with Crippen LogP contribution in [0.4, 0.5) is 0 Å². The Morgan fingerprint density at radius 2 is 1.42 bits per heavy atom. The summed E-state index contributed by atoms with van der Waals surface area (Å²) in [5.41, 5.74) is 10.8. The average molecular weight is 466 g/mol. The van der Waals surface area contributed by atoms with E-state index in [4.69, 9.17) is 16.6 Å². The SMILES string of the molecule is CSCCC(N)C(=O)NC(C(=O)NC(CC(N)=O)C(=O)NC(C(=O)O)C(C)O)C(C)O. The number of carbonyl (C=O) groups is 5. The van der Waals surface area contributed by atoms with Crippen LogP contribution in [0.25, 0.3) is 0 Å². The van der Waals surface area contributed by atoms with Crippen molar-refractivity contribution in [3.05, 3.63) is 0 Å². The normalized spacial score (nSPS) is 16.7. The van der Waals surface area contributed by atoms with E-state index in [0.29, 0.717) is 12.2 Å². The number of thioether (sulfide) groups is 1. The molecule has 0 rings (SSSR count). The molecule has 10 N–H and O–H groups in total. The maximum atomic E-state index is 12.6. The van der Waals surface area contributed by atoms with E-state index >= 15 is 0 Å². The summed E-state index contributed by atoms with van der Waals surface area (Å²) in [5, 5.41) is 34.9. The first-order valence-electron chi connectivity index (χ1n) is 9.34. The zero-order chi connectivity index (χ0) is 24.3. The van der Waals surface area contributed by atoms with Gasteiger partial charge in [-0.15, -0.1) is 0 Å². The lowest BCUT2D eigenvalue weighted by Gasteiger charge is -2.26. The van der Waals surface area contributed by atoms with Crippen molar-refractivity contribution in [1.29, 1.82) is 0 Å².